The average Bonchev–Trinajstić information content (AvgIpc) is 3.14. The van der Waals surface area contributed by atoms with Gasteiger partial charge in [0.25, 0.3) is 5.91 Å². The Morgan fingerprint density at radius 3 is 2.39 bits per heavy atom. The minimum Gasteiger partial charge on any atom is -0.324 e. The van der Waals surface area contributed by atoms with Crippen LogP contribution in [-0.4, -0.2) is 28.5 Å². The van der Waals surface area contributed by atoms with Crippen LogP contribution in [0, 0.1) is 0 Å². The van der Waals surface area contributed by atoms with Gasteiger partial charge in [0.05, 0.1) is 0 Å². The maximum Gasteiger partial charge on any atom is 0.255 e. The van der Waals surface area contributed by atoms with Crippen molar-refractivity contribution in [3.8, 4) is 0 Å². The zero-order chi connectivity index (χ0) is 21.6. The van der Waals surface area contributed by atoms with E-state index in [4.69, 9.17) is 0 Å². The molecule has 0 aliphatic carbocycles. The minimum absolute atomic E-state index is 0.0719. The molecule has 1 N–H and O–H groups in total. The highest BCUT2D eigenvalue weighted by Gasteiger charge is 2.36. The minimum atomic E-state index is -0.542. The van der Waals surface area contributed by atoms with Crippen LogP contribution in [0.15, 0.2) is 78.9 Å². The van der Waals surface area contributed by atoms with Crippen molar-refractivity contribution < 1.29 is 9.59 Å². The number of nitrogens with one attached hydrogen (secondary N) is 1. The monoisotopic (exact) mass is 430 g/mol. The quantitative estimate of drug-likeness (QED) is 0.538. The second kappa shape index (κ2) is 9.84. The summed E-state index contributed by atoms with van der Waals surface area (Å²) in [6.45, 7) is 2.57. The van der Waals surface area contributed by atoms with Crippen LogP contribution >= 0.6 is 11.8 Å². The van der Waals surface area contributed by atoms with Gasteiger partial charge in [-0.05, 0) is 41.3 Å². The molecule has 4 nitrogen and oxygen atoms in total. The number of aryl methyl sites for hydroxylation is 1. The summed E-state index contributed by atoms with van der Waals surface area (Å²) in [5, 5.41) is 3.02. The molecule has 5 heteroatoms. The van der Waals surface area contributed by atoms with Crippen molar-refractivity contribution in [2.45, 2.75) is 31.7 Å². The van der Waals surface area contributed by atoms with Crippen LogP contribution in [0.1, 0.15) is 34.0 Å². The first kappa shape index (κ1) is 21.2. The van der Waals surface area contributed by atoms with Crippen LogP contribution in [0.5, 0.6) is 0 Å². The van der Waals surface area contributed by atoms with Crippen molar-refractivity contribution in [3.05, 3.63) is 101 Å². The maximum atomic E-state index is 13.3. The third kappa shape index (κ3) is 5.00. The molecular formula is C26H26N2O2S. The van der Waals surface area contributed by atoms with E-state index in [1.807, 2.05) is 66.7 Å². The lowest BCUT2D eigenvalue weighted by molar-refractivity contribution is -0.119. The van der Waals surface area contributed by atoms with E-state index < -0.39 is 6.04 Å². The normalized spacial score (nSPS) is 13.7. The number of benzene rings is 3. The highest BCUT2D eigenvalue weighted by Crippen LogP contribution is 2.27. The van der Waals surface area contributed by atoms with Crippen LogP contribution in [0.4, 0.5) is 5.69 Å². The Kier molecular flexibility index (Phi) is 6.73. The molecule has 4 rings (SSSR count). The Hall–Kier alpha value is -3.05. The summed E-state index contributed by atoms with van der Waals surface area (Å²) in [7, 11) is 0. The fourth-order valence-electron chi connectivity index (χ4n) is 3.75. The highest BCUT2D eigenvalue weighted by atomic mass is 32.2. The number of rotatable bonds is 8. The van der Waals surface area contributed by atoms with E-state index in [-0.39, 0.29) is 11.8 Å². The second-order valence-corrected chi connectivity index (χ2v) is 8.68. The summed E-state index contributed by atoms with van der Waals surface area (Å²) in [5.74, 6) is 1.11. The number of hydrogen-bond acceptors (Lipinski definition) is 3. The van der Waals surface area contributed by atoms with Crippen molar-refractivity contribution >= 4 is 29.3 Å². The molecule has 0 spiro atoms. The summed E-state index contributed by atoms with van der Waals surface area (Å²) < 4.78 is 0. The molecule has 158 valence electrons. The lowest BCUT2D eigenvalue weighted by Crippen LogP contribution is -2.46. The van der Waals surface area contributed by atoms with Gasteiger partial charge in [-0.3, -0.25) is 9.59 Å². The van der Waals surface area contributed by atoms with E-state index in [1.165, 1.54) is 11.1 Å². The Labute approximate surface area is 187 Å². The van der Waals surface area contributed by atoms with Gasteiger partial charge in [-0.1, -0.05) is 67.6 Å². The molecule has 31 heavy (non-hydrogen) atoms. The lowest BCUT2D eigenvalue weighted by atomic mass is 10.1. The summed E-state index contributed by atoms with van der Waals surface area (Å²) in [4.78, 5) is 28.0. The van der Waals surface area contributed by atoms with Crippen molar-refractivity contribution in [1.29, 1.82) is 0 Å². The number of anilines is 1. The van der Waals surface area contributed by atoms with Gasteiger partial charge in [0.2, 0.25) is 5.91 Å². The van der Waals surface area contributed by atoms with E-state index in [2.05, 4.69) is 24.4 Å². The molecule has 1 aliphatic rings. The van der Waals surface area contributed by atoms with Crippen molar-refractivity contribution in [2.75, 3.05) is 11.1 Å². The number of carbonyl (C=O) groups is 2. The standard InChI is InChI=1S/C26H26N2O2S/c1-2-19-12-14-22(15-13-19)27-25(29)24(18-31-17-20-8-4-3-5-9-20)28-16-21-10-6-7-11-23(21)26(28)30/h3-15,24H,2,16-18H2,1H3,(H,27,29)/t24-/m0/s1. The lowest BCUT2D eigenvalue weighted by Gasteiger charge is -2.27. The molecule has 1 heterocycles. The number of hydrogen-bond donors (Lipinski definition) is 1. The maximum absolute atomic E-state index is 13.3. The van der Waals surface area contributed by atoms with Crippen LogP contribution in [0.25, 0.3) is 0 Å². The zero-order valence-electron chi connectivity index (χ0n) is 17.6. The molecule has 1 atom stereocenters. The first-order valence-corrected chi connectivity index (χ1v) is 11.7. The molecule has 3 aromatic carbocycles. The fraction of sp³-hybridized carbons (Fsp3) is 0.231. The fourth-order valence-corrected chi connectivity index (χ4v) is 4.85. The number of carbonyl (C=O) groups excluding carboxylic acids is 2. The molecule has 0 unspecified atom stereocenters. The first-order valence-electron chi connectivity index (χ1n) is 10.6. The van der Waals surface area contributed by atoms with E-state index in [0.29, 0.717) is 17.9 Å². The van der Waals surface area contributed by atoms with Gasteiger partial charge >= 0.3 is 0 Å². The molecule has 0 fully saturated rings. The van der Waals surface area contributed by atoms with Crippen LogP contribution in [0.2, 0.25) is 0 Å². The molecule has 0 saturated carbocycles. The van der Waals surface area contributed by atoms with Crippen molar-refractivity contribution in [2.24, 2.45) is 0 Å². The highest BCUT2D eigenvalue weighted by molar-refractivity contribution is 7.98. The van der Waals surface area contributed by atoms with E-state index >= 15 is 0 Å². The molecule has 0 radical (unpaired) electrons. The topological polar surface area (TPSA) is 49.4 Å². The molecule has 3 aromatic rings. The van der Waals surface area contributed by atoms with Gasteiger partial charge in [-0.15, -0.1) is 0 Å². The summed E-state index contributed by atoms with van der Waals surface area (Å²) in [6.07, 6.45) is 0.952. The Morgan fingerprint density at radius 1 is 0.968 bits per heavy atom. The number of thioether (sulfide) groups is 1. The van der Waals surface area contributed by atoms with Gasteiger partial charge in [0.1, 0.15) is 6.04 Å². The van der Waals surface area contributed by atoms with Crippen LogP contribution in [-0.2, 0) is 23.5 Å². The third-order valence-electron chi connectivity index (χ3n) is 5.55. The molecule has 2 amide bonds. The van der Waals surface area contributed by atoms with Gasteiger partial charge in [0.15, 0.2) is 0 Å². The SMILES string of the molecule is CCc1ccc(NC(=O)[C@H](CSCc2ccccc2)N2Cc3ccccc3C2=O)cc1. The summed E-state index contributed by atoms with van der Waals surface area (Å²) in [5.41, 5.74) is 4.85. The number of fused-ring (bicyclic) bond motifs is 1. The molecule has 0 saturated heterocycles. The summed E-state index contributed by atoms with van der Waals surface area (Å²) in [6, 6.07) is 25.1. The largest absolute Gasteiger partial charge is 0.324 e. The van der Waals surface area contributed by atoms with Gasteiger partial charge in [-0.2, -0.15) is 11.8 Å². The Morgan fingerprint density at radius 2 is 1.68 bits per heavy atom. The van der Waals surface area contributed by atoms with Crippen molar-refractivity contribution in [1.82, 2.24) is 4.90 Å². The molecule has 1 aliphatic heterocycles. The number of nitrogens with zero attached hydrogens (tertiary/aromatic N) is 1. The zero-order valence-corrected chi connectivity index (χ0v) is 18.4. The number of amides is 2. The average molecular weight is 431 g/mol. The van der Waals surface area contributed by atoms with Gasteiger partial charge < -0.3 is 10.2 Å². The first-order chi connectivity index (χ1) is 15.2. The van der Waals surface area contributed by atoms with Gasteiger partial charge in [-0.25, -0.2) is 0 Å². The van der Waals surface area contributed by atoms with E-state index in [9.17, 15) is 9.59 Å². The molecule has 0 bridgehead atoms. The predicted molar refractivity (Wildman–Crippen MR) is 127 cm³/mol. The predicted octanol–water partition coefficient (Wildman–Crippen LogP) is 5.15. The molecular weight excluding hydrogens is 404 g/mol. The second-order valence-electron chi connectivity index (χ2n) is 7.65. The van der Waals surface area contributed by atoms with E-state index in [1.54, 1.807) is 16.7 Å². The summed E-state index contributed by atoms with van der Waals surface area (Å²) >= 11 is 1.67. The van der Waals surface area contributed by atoms with Crippen LogP contribution in [0.3, 0.4) is 0 Å². The smallest absolute Gasteiger partial charge is 0.255 e. The molecule has 0 aromatic heterocycles. The van der Waals surface area contributed by atoms with Crippen molar-refractivity contribution in [3.63, 3.8) is 0 Å². The van der Waals surface area contributed by atoms with Gasteiger partial charge in [0, 0.05) is 29.3 Å². The van der Waals surface area contributed by atoms with Crippen LogP contribution < -0.4 is 5.32 Å². The third-order valence-corrected chi connectivity index (χ3v) is 6.63. The van der Waals surface area contributed by atoms with E-state index in [0.717, 1.165) is 23.4 Å². The Bertz CT molecular complexity index is 1050. The Balaban J connectivity index is 1.50.